The van der Waals surface area contributed by atoms with Gasteiger partial charge in [0.15, 0.2) is 0 Å². The smallest absolute Gasteiger partial charge is 0.326 e. The van der Waals surface area contributed by atoms with Crippen molar-refractivity contribution in [3.8, 4) is 0 Å². The normalized spacial score (nSPS) is 26.7. The number of nitro groups is 1. The number of fused-ring (bicyclic) bond motifs is 5. The third-order valence-corrected chi connectivity index (χ3v) is 8.43. The summed E-state index contributed by atoms with van der Waals surface area (Å²) < 4.78 is 0. The molecule has 1 aliphatic heterocycles. The van der Waals surface area contributed by atoms with Crippen LogP contribution in [0.3, 0.4) is 0 Å². The number of anilines is 1. The summed E-state index contributed by atoms with van der Waals surface area (Å²) in [5, 5.41) is 26.2. The van der Waals surface area contributed by atoms with Crippen LogP contribution in [-0.4, -0.2) is 32.7 Å². The molecule has 0 amide bonds. The highest BCUT2D eigenvalue weighted by Gasteiger charge is 2.52. The van der Waals surface area contributed by atoms with E-state index >= 15 is 0 Å². The van der Waals surface area contributed by atoms with Crippen molar-refractivity contribution in [3.05, 3.63) is 76.3 Å². The number of halogens is 1. The molecule has 0 aromatic heterocycles. The van der Waals surface area contributed by atoms with Crippen molar-refractivity contribution in [1.82, 2.24) is 0 Å². The summed E-state index contributed by atoms with van der Waals surface area (Å²) >= 11 is 8.40. The molecule has 5 rings (SSSR count). The minimum atomic E-state index is -0.908. The van der Waals surface area contributed by atoms with Crippen molar-refractivity contribution in [2.45, 2.75) is 33.9 Å². The fourth-order valence-electron chi connectivity index (χ4n) is 5.01. The van der Waals surface area contributed by atoms with E-state index in [1.165, 1.54) is 17.8 Å². The second-order valence-electron chi connectivity index (χ2n) is 7.96. The number of carbonyl (C=O) groups is 1. The van der Waals surface area contributed by atoms with Gasteiger partial charge in [0.25, 0.3) is 5.69 Å². The number of nitrogens with zero attached hydrogens (tertiary/aromatic N) is 1. The molecule has 2 N–H and O–H groups in total. The van der Waals surface area contributed by atoms with Crippen LogP contribution in [0.25, 0.3) is 10.8 Å². The van der Waals surface area contributed by atoms with E-state index < -0.39 is 16.9 Å². The lowest BCUT2D eigenvalue weighted by molar-refractivity contribution is -0.387. The van der Waals surface area contributed by atoms with Crippen molar-refractivity contribution in [2.75, 3.05) is 5.32 Å². The molecule has 1 aliphatic carbocycles. The molecule has 0 saturated heterocycles. The van der Waals surface area contributed by atoms with Crippen molar-refractivity contribution in [2.24, 2.45) is 5.92 Å². The van der Waals surface area contributed by atoms with Crippen LogP contribution < -0.4 is 5.32 Å². The molecule has 1 saturated carbocycles. The Kier molecular flexibility index (Phi) is 5.02. The largest absolute Gasteiger partial charge is 0.480 e. The van der Waals surface area contributed by atoms with E-state index in [1.807, 2.05) is 36.4 Å². The molecule has 0 bridgehead atoms. The monoisotopic (exact) mass is 454 g/mol. The molecule has 2 aliphatic rings. The SMILES string of the molecule is O=C(O)C1Nc2ccc3ccccc3c2C2C(Cl)C(Sc3ccccc3[N+](=O)[O-])CC12. The molecular weight excluding hydrogens is 436 g/mol. The van der Waals surface area contributed by atoms with Crippen LogP contribution in [0.5, 0.6) is 0 Å². The van der Waals surface area contributed by atoms with E-state index in [0.717, 1.165) is 22.0 Å². The number of hydrogen-bond donors (Lipinski definition) is 2. The Balaban J connectivity index is 1.58. The van der Waals surface area contributed by atoms with E-state index in [0.29, 0.717) is 11.3 Å². The Morgan fingerprint density at radius 2 is 1.87 bits per heavy atom. The molecule has 1 fully saturated rings. The Bertz CT molecular complexity index is 1200. The van der Waals surface area contributed by atoms with Crippen molar-refractivity contribution < 1.29 is 14.8 Å². The molecule has 0 radical (unpaired) electrons. The topological polar surface area (TPSA) is 92.5 Å². The molecule has 8 heteroatoms. The number of nitrogens with one attached hydrogen (secondary N) is 1. The summed E-state index contributed by atoms with van der Waals surface area (Å²) in [6.45, 7) is 0. The van der Waals surface area contributed by atoms with Gasteiger partial charge in [-0.1, -0.05) is 42.5 Å². The standard InChI is InChI=1S/C23H19ClN2O4S/c24-21-18(31-17-8-4-3-7-16(17)26(29)30)11-14-20(21)19-13-6-2-1-5-12(13)9-10-15(19)25-22(14)23(27)28/h1-10,14,18,20-22,25H,11H2,(H,27,28). The molecule has 3 aromatic carbocycles. The lowest BCUT2D eigenvalue weighted by Crippen LogP contribution is -2.42. The zero-order valence-corrected chi connectivity index (χ0v) is 17.8. The van der Waals surface area contributed by atoms with Gasteiger partial charge >= 0.3 is 5.97 Å². The van der Waals surface area contributed by atoms with Gasteiger partial charge in [-0.05, 0) is 40.8 Å². The minimum Gasteiger partial charge on any atom is -0.480 e. The van der Waals surface area contributed by atoms with Crippen molar-refractivity contribution in [1.29, 1.82) is 0 Å². The van der Waals surface area contributed by atoms with Crippen molar-refractivity contribution >= 4 is 51.5 Å². The van der Waals surface area contributed by atoms with Gasteiger partial charge in [-0.25, -0.2) is 4.79 Å². The van der Waals surface area contributed by atoms with Gasteiger partial charge in [-0.3, -0.25) is 10.1 Å². The number of aliphatic carboxylic acids is 1. The van der Waals surface area contributed by atoms with E-state index in [4.69, 9.17) is 11.6 Å². The van der Waals surface area contributed by atoms with Crippen LogP contribution in [0.2, 0.25) is 0 Å². The average Bonchev–Trinajstić information content (AvgIpc) is 3.09. The number of alkyl halides is 1. The fraction of sp³-hybridized carbons (Fsp3) is 0.261. The fourth-order valence-corrected chi connectivity index (χ4v) is 6.95. The molecule has 3 aromatic rings. The first-order chi connectivity index (χ1) is 15.0. The van der Waals surface area contributed by atoms with E-state index in [1.54, 1.807) is 18.2 Å². The van der Waals surface area contributed by atoms with Crippen molar-refractivity contribution in [3.63, 3.8) is 0 Å². The highest BCUT2D eigenvalue weighted by Crippen LogP contribution is 2.56. The van der Waals surface area contributed by atoms with Gasteiger partial charge in [0.2, 0.25) is 0 Å². The Labute approximate surface area is 187 Å². The quantitative estimate of drug-likeness (QED) is 0.307. The van der Waals surface area contributed by atoms with E-state index in [9.17, 15) is 20.0 Å². The van der Waals surface area contributed by atoms with Crippen LogP contribution in [0.4, 0.5) is 11.4 Å². The summed E-state index contributed by atoms with van der Waals surface area (Å²) in [5.74, 6) is -1.28. The molecule has 1 heterocycles. The number of carboxylic acids is 1. The summed E-state index contributed by atoms with van der Waals surface area (Å²) in [7, 11) is 0. The molecule has 5 atom stereocenters. The van der Waals surface area contributed by atoms with Gasteiger partial charge in [-0.15, -0.1) is 23.4 Å². The first-order valence-corrected chi connectivity index (χ1v) is 11.3. The second kappa shape index (κ2) is 7.73. The number of nitro benzene ring substituents is 1. The van der Waals surface area contributed by atoms with E-state index in [-0.39, 0.29) is 28.2 Å². The number of hydrogen-bond acceptors (Lipinski definition) is 5. The summed E-state index contributed by atoms with van der Waals surface area (Å²) in [4.78, 5) is 23.7. The van der Waals surface area contributed by atoms with Crippen LogP contribution >= 0.6 is 23.4 Å². The third-order valence-electron chi connectivity index (χ3n) is 6.31. The van der Waals surface area contributed by atoms with Crippen LogP contribution in [0.1, 0.15) is 17.9 Å². The number of rotatable bonds is 4. The van der Waals surface area contributed by atoms with E-state index in [2.05, 4.69) is 5.32 Å². The molecule has 31 heavy (non-hydrogen) atoms. The summed E-state index contributed by atoms with van der Waals surface area (Å²) in [5.41, 5.74) is 1.89. The highest BCUT2D eigenvalue weighted by atomic mass is 35.5. The molecule has 0 spiro atoms. The molecular formula is C23H19ClN2O4S. The number of thioether (sulfide) groups is 1. The van der Waals surface area contributed by atoms with Crippen LogP contribution in [0.15, 0.2) is 65.6 Å². The Morgan fingerprint density at radius 3 is 2.65 bits per heavy atom. The number of para-hydroxylation sites is 1. The van der Waals surface area contributed by atoms with Crippen LogP contribution in [-0.2, 0) is 4.79 Å². The lowest BCUT2D eigenvalue weighted by atomic mass is 9.77. The summed E-state index contributed by atoms with van der Waals surface area (Å²) in [6.07, 6.45) is 0.558. The maximum Gasteiger partial charge on any atom is 0.326 e. The number of carboxylic acid groups (broad SMARTS) is 1. The minimum absolute atomic E-state index is 0.0463. The van der Waals surface area contributed by atoms with Crippen LogP contribution in [0, 0.1) is 16.0 Å². The number of benzene rings is 3. The molecule has 6 nitrogen and oxygen atoms in total. The van der Waals surface area contributed by atoms with Gasteiger partial charge in [0.05, 0.1) is 15.2 Å². The second-order valence-corrected chi connectivity index (χ2v) is 9.74. The van der Waals surface area contributed by atoms with Gasteiger partial charge in [-0.2, -0.15) is 0 Å². The predicted octanol–water partition coefficient (Wildman–Crippen LogP) is 5.50. The highest BCUT2D eigenvalue weighted by molar-refractivity contribution is 8.00. The average molecular weight is 455 g/mol. The van der Waals surface area contributed by atoms with Gasteiger partial charge in [0.1, 0.15) is 6.04 Å². The zero-order chi connectivity index (χ0) is 21.7. The maximum absolute atomic E-state index is 12.1. The first-order valence-electron chi connectivity index (χ1n) is 10.0. The lowest BCUT2D eigenvalue weighted by Gasteiger charge is -2.36. The zero-order valence-electron chi connectivity index (χ0n) is 16.3. The third kappa shape index (κ3) is 3.32. The summed E-state index contributed by atoms with van der Waals surface area (Å²) in [6, 6.07) is 17.8. The molecule has 158 valence electrons. The van der Waals surface area contributed by atoms with Gasteiger partial charge < -0.3 is 10.4 Å². The maximum atomic E-state index is 12.1. The Hall–Kier alpha value is -2.77. The predicted molar refractivity (Wildman–Crippen MR) is 122 cm³/mol. The first kappa shape index (κ1) is 20.2. The Morgan fingerprint density at radius 1 is 1.13 bits per heavy atom. The molecule has 5 unspecified atom stereocenters. The van der Waals surface area contributed by atoms with Gasteiger partial charge in [0, 0.05) is 22.9 Å².